The summed E-state index contributed by atoms with van der Waals surface area (Å²) in [4.78, 5) is 19.5. The molecule has 0 saturated carbocycles. The fourth-order valence-electron chi connectivity index (χ4n) is 3.88. The van der Waals surface area contributed by atoms with E-state index in [1.807, 2.05) is 0 Å². The number of carbonyl (C=O) groups is 1. The Morgan fingerprint density at radius 2 is 1.77 bits per heavy atom. The molecule has 1 unspecified atom stereocenters. The van der Waals surface area contributed by atoms with Crippen LogP contribution < -0.4 is 0 Å². The smallest absolute Gasteiger partial charge is 0.222 e. The van der Waals surface area contributed by atoms with E-state index in [9.17, 15) is 4.79 Å². The van der Waals surface area contributed by atoms with E-state index < -0.39 is 0 Å². The van der Waals surface area contributed by atoms with E-state index in [1.54, 1.807) is 0 Å². The zero-order valence-electron chi connectivity index (χ0n) is 16.3. The predicted molar refractivity (Wildman–Crippen MR) is 104 cm³/mol. The van der Waals surface area contributed by atoms with Crippen LogP contribution in [0.5, 0.6) is 0 Å². The SMILES string of the molecule is Cc1ccccc1CN1CCN(C(=O)CCC(C)N2CCOCC2)CC1. The van der Waals surface area contributed by atoms with Gasteiger partial charge in [0.05, 0.1) is 13.2 Å². The highest BCUT2D eigenvalue weighted by atomic mass is 16.5. The topological polar surface area (TPSA) is 36.0 Å². The minimum atomic E-state index is 0.320. The molecule has 3 rings (SSSR count). The Balaban J connectivity index is 1.38. The molecule has 0 N–H and O–H groups in total. The molecule has 0 aliphatic carbocycles. The van der Waals surface area contributed by atoms with Crippen LogP contribution in [0, 0.1) is 6.92 Å². The summed E-state index contributed by atoms with van der Waals surface area (Å²) in [7, 11) is 0. The number of piperazine rings is 1. The van der Waals surface area contributed by atoms with Gasteiger partial charge in [0.2, 0.25) is 5.91 Å². The van der Waals surface area contributed by atoms with Gasteiger partial charge in [-0.05, 0) is 31.4 Å². The Hall–Kier alpha value is -1.43. The Bertz CT molecular complexity index is 578. The largest absolute Gasteiger partial charge is 0.379 e. The van der Waals surface area contributed by atoms with Crippen LogP contribution >= 0.6 is 0 Å². The molecule has 0 radical (unpaired) electrons. The zero-order valence-corrected chi connectivity index (χ0v) is 16.3. The molecule has 1 aromatic rings. The number of aryl methyl sites for hydroxylation is 1. The van der Waals surface area contributed by atoms with Crippen LogP contribution in [-0.4, -0.2) is 79.1 Å². The number of morpholine rings is 1. The first kappa shape index (κ1) is 19.3. The van der Waals surface area contributed by atoms with E-state index in [4.69, 9.17) is 4.74 Å². The number of ether oxygens (including phenoxy) is 1. The standard InChI is InChI=1S/C21H33N3O2/c1-18-5-3-4-6-20(18)17-22-9-11-24(12-10-22)21(25)8-7-19(2)23-13-15-26-16-14-23/h3-6,19H,7-17H2,1-2H3. The Kier molecular flexibility index (Phi) is 7.06. The number of nitrogens with zero attached hydrogens (tertiary/aromatic N) is 3. The van der Waals surface area contributed by atoms with Crippen molar-refractivity contribution in [3.63, 3.8) is 0 Å². The van der Waals surface area contributed by atoms with Crippen molar-refractivity contribution < 1.29 is 9.53 Å². The average Bonchev–Trinajstić information content (AvgIpc) is 2.69. The minimum Gasteiger partial charge on any atom is -0.379 e. The van der Waals surface area contributed by atoms with Crippen molar-refractivity contribution >= 4 is 5.91 Å². The first-order valence-electron chi connectivity index (χ1n) is 10.00. The summed E-state index contributed by atoms with van der Waals surface area (Å²) >= 11 is 0. The molecule has 2 fully saturated rings. The molecule has 2 heterocycles. The lowest BCUT2D eigenvalue weighted by Crippen LogP contribution is -2.48. The molecule has 1 atom stereocenters. The third-order valence-corrected chi connectivity index (χ3v) is 5.83. The molecule has 0 bridgehead atoms. The maximum Gasteiger partial charge on any atom is 0.222 e. The number of hydrogen-bond donors (Lipinski definition) is 0. The van der Waals surface area contributed by atoms with Crippen molar-refractivity contribution in [2.24, 2.45) is 0 Å². The second-order valence-electron chi connectivity index (χ2n) is 7.62. The number of rotatable bonds is 6. The first-order chi connectivity index (χ1) is 12.6. The third kappa shape index (κ3) is 5.29. The van der Waals surface area contributed by atoms with Crippen LogP contribution in [-0.2, 0) is 16.1 Å². The highest BCUT2D eigenvalue weighted by Gasteiger charge is 2.23. The molecule has 0 spiro atoms. The van der Waals surface area contributed by atoms with Crippen LogP contribution in [0.2, 0.25) is 0 Å². The third-order valence-electron chi connectivity index (χ3n) is 5.83. The average molecular weight is 360 g/mol. The lowest BCUT2D eigenvalue weighted by molar-refractivity contribution is -0.133. The first-order valence-corrected chi connectivity index (χ1v) is 10.00. The Morgan fingerprint density at radius 1 is 1.08 bits per heavy atom. The highest BCUT2D eigenvalue weighted by Crippen LogP contribution is 2.14. The van der Waals surface area contributed by atoms with Crippen molar-refractivity contribution in [1.82, 2.24) is 14.7 Å². The van der Waals surface area contributed by atoms with Gasteiger partial charge in [-0.15, -0.1) is 0 Å². The Morgan fingerprint density at radius 3 is 2.46 bits per heavy atom. The van der Waals surface area contributed by atoms with E-state index in [0.29, 0.717) is 18.4 Å². The molecule has 26 heavy (non-hydrogen) atoms. The van der Waals surface area contributed by atoms with Gasteiger partial charge in [-0.1, -0.05) is 24.3 Å². The van der Waals surface area contributed by atoms with Crippen LogP contribution in [0.4, 0.5) is 0 Å². The van der Waals surface area contributed by atoms with E-state index in [1.165, 1.54) is 11.1 Å². The Labute approximate surface area is 157 Å². The van der Waals surface area contributed by atoms with Gasteiger partial charge < -0.3 is 9.64 Å². The van der Waals surface area contributed by atoms with Crippen LogP contribution in [0.1, 0.15) is 30.9 Å². The summed E-state index contributed by atoms with van der Waals surface area (Å²) in [6.07, 6.45) is 1.61. The van der Waals surface area contributed by atoms with Crippen molar-refractivity contribution in [3.05, 3.63) is 35.4 Å². The quantitative estimate of drug-likeness (QED) is 0.780. The molecular weight excluding hydrogens is 326 g/mol. The van der Waals surface area contributed by atoms with Crippen molar-refractivity contribution in [2.45, 2.75) is 39.3 Å². The molecule has 5 heteroatoms. The molecule has 2 aliphatic rings. The van der Waals surface area contributed by atoms with Gasteiger partial charge in [0.15, 0.2) is 0 Å². The fraction of sp³-hybridized carbons (Fsp3) is 0.667. The molecule has 144 valence electrons. The van der Waals surface area contributed by atoms with Crippen molar-refractivity contribution in [2.75, 3.05) is 52.5 Å². The van der Waals surface area contributed by atoms with Gasteiger partial charge in [-0.25, -0.2) is 0 Å². The van der Waals surface area contributed by atoms with Crippen molar-refractivity contribution in [3.8, 4) is 0 Å². The van der Waals surface area contributed by atoms with E-state index >= 15 is 0 Å². The van der Waals surface area contributed by atoms with Gasteiger partial charge in [0.1, 0.15) is 0 Å². The molecular formula is C21H33N3O2. The molecule has 5 nitrogen and oxygen atoms in total. The minimum absolute atomic E-state index is 0.320. The van der Waals surface area contributed by atoms with Gasteiger partial charge in [-0.3, -0.25) is 14.6 Å². The second kappa shape index (κ2) is 9.49. The number of benzene rings is 1. The monoisotopic (exact) mass is 359 g/mol. The lowest BCUT2D eigenvalue weighted by atomic mass is 10.1. The van der Waals surface area contributed by atoms with Crippen LogP contribution in [0.15, 0.2) is 24.3 Å². The summed E-state index contributed by atoms with van der Waals surface area (Å²) in [6.45, 7) is 12.7. The summed E-state index contributed by atoms with van der Waals surface area (Å²) in [6, 6.07) is 9.04. The summed E-state index contributed by atoms with van der Waals surface area (Å²) in [5.74, 6) is 0.320. The van der Waals surface area contributed by atoms with E-state index in [-0.39, 0.29) is 0 Å². The van der Waals surface area contributed by atoms with Gasteiger partial charge in [0.25, 0.3) is 0 Å². The zero-order chi connectivity index (χ0) is 18.4. The van der Waals surface area contributed by atoms with Gasteiger partial charge in [-0.2, -0.15) is 0 Å². The number of carbonyl (C=O) groups excluding carboxylic acids is 1. The molecule has 0 aromatic heterocycles. The van der Waals surface area contributed by atoms with Gasteiger partial charge >= 0.3 is 0 Å². The van der Waals surface area contributed by atoms with Crippen molar-refractivity contribution in [1.29, 1.82) is 0 Å². The molecule has 1 amide bonds. The lowest BCUT2D eigenvalue weighted by Gasteiger charge is -2.36. The normalized spacial score (nSPS) is 20.9. The maximum absolute atomic E-state index is 12.6. The van der Waals surface area contributed by atoms with E-state index in [0.717, 1.165) is 65.4 Å². The molecule has 1 aromatic carbocycles. The molecule has 2 saturated heterocycles. The summed E-state index contributed by atoms with van der Waals surface area (Å²) in [5, 5.41) is 0. The number of amides is 1. The van der Waals surface area contributed by atoms with Gasteiger partial charge in [0, 0.05) is 58.3 Å². The second-order valence-corrected chi connectivity index (χ2v) is 7.62. The summed E-state index contributed by atoms with van der Waals surface area (Å²) in [5.41, 5.74) is 2.75. The number of hydrogen-bond acceptors (Lipinski definition) is 4. The maximum atomic E-state index is 12.6. The van der Waals surface area contributed by atoms with E-state index in [2.05, 4.69) is 52.8 Å². The van der Waals surface area contributed by atoms with Crippen LogP contribution in [0.25, 0.3) is 0 Å². The molecule has 2 aliphatic heterocycles. The summed E-state index contributed by atoms with van der Waals surface area (Å²) < 4.78 is 5.41. The van der Waals surface area contributed by atoms with Crippen LogP contribution in [0.3, 0.4) is 0 Å². The predicted octanol–water partition coefficient (Wildman–Crippen LogP) is 2.14. The highest BCUT2D eigenvalue weighted by molar-refractivity contribution is 5.76. The fourth-order valence-corrected chi connectivity index (χ4v) is 3.88.